The Balaban J connectivity index is 2.17. The molecule has 0 aliphatic carbocycles. The molecule has 0 amide bonds. The number of aliphatic hydroxyl groups is 4. The minimum Gasteiger partial charge on any atom is -0.457 e. The van der Waals surface area contributed by atoms with Crippen molar-refractivity contribution in [2.24, 2.45) is 0 Å². The fraction of sp³-hybridized carbons (Fsp3) is 0.807. The molecule has 384 valence electrons. The summed E-state index contributed by atoms with van der Waals surface area (Å²) in [6, 6.07) is 0. The van der Waals surface area contributed by atoms with Crippen molar-refractivity contribution in [3.8, 4) is 0 Å². The number of carbonyl (C=O) groups is 1. The molecule has 1 fully saturated rings. The first kappa shape index (κ1) is 61.9. The van der Waals surface area contributed by atoms with Crippen LogP contribution in [-0.2, 0) is 23.7 Å². The highest BCUT2D eigenvalue weighted by molar-refractivity contribution is 5.69. The molecule has 0 spiro atoms. The zero-order valence-electron chi connectivity index (χ0n) is 42.4. The minimum absolute atomic E-state index is 0.122. The highest BCUT2D eigenvalue weighted by Crippen LogP contribution is 2.23. The van der Waals surface area contributed by atoms with Crippen LogP contribution in [0.5, 0.6) is 0 Å². The van der Waals surface area contributed by atoms with Gasteiger partial charge in [-0.05, 0) is 51.4 Å². The van der Waals surface area contributed by atoms with Crippen LogP contribution in [0.1, 0.15) is 232 Å². The molecule has 1 rings (SSSR count). The molecule has 9 heteroatoms. The van der Waals surface area contributed by atoms with Crippen molar-refractivity contribution >= 4 is 5.97 Å². The first-order valence-corrected chi connectivity index (χ1v) is 27.4. The summed E-state index contributed by atoms with van der Waals surface area (Å²) in [6.45, 7) is 4.41. The number of ether oxygens (including phenoxy) is 4. The molecule has 0 aromatic carbocycles. The van der Waals surface area contributed by atoms with E-state index >= 15 is 0 Å². The van der Waals surface area contributed by atoms with E-state index < -0.39 is 43.4 Å². The Hall–Kier alpha value is -2.11. The van der Waals surface area contributed by atoms with Crippen LogP contribution in [0.15, 0.2) is 60.8 Å². The Kier molecular flexibility index (Phi) is 45.0. The maximum Gasteiger partial charge on any atom is 0.306 e. The van der Waals surface area contributed by atoms with Gasteiger partial charge in [0.05, 0.1) is 19.8 Å². The van der Waals surface area contributed by atoms with E-state index in [9.17, 15) is 25.2 Å². The molecule has 4 N–H and O–H groups in total. The van der Waals surface area contributed by atoms with Crippen molar-refractivity contribution in [2.45, 2.75) is 269 Å². The van der Waals surface area contributed by atoms with E-state index in [1.54, 1.807) is 0 Å². The molecule has 0 aromatic rings. The van der Waals surface area contributed by atoms with Crippen molar-refractivity contribution in [1.82, 2.24) is 0 Å². The lowest BCUT2D eigenvalue weighted by Gasteiger charge is -2.39. The monoisotopic (exact) mass is 931 g/mol. The van der Waals surface area contributed by atoms with E-state index in [4.69, 9.17) is 18.9 Å². The number of carbonyl (C=O) groups excluding carboxylic acids is 1. The fourth-order valence-corrected chi connectivity index (χ4v) is 8.24. The molecule has 6 unspecified atom stereocenters. The first-order valence-electron chi connectivity index (χ1n) is 27.4. The highest BCUT2D eigenvalue weighted by Gasteiger charge is 2.44. The number of allylic oxidation sites excluding steroid dienone is 10. The normalized spacial score (nSPS) is 19.8. The van der Waals surface area contributed by atoms with E-state index in [1.807, 2.05) is 0 Å². The average molecular weight is 931 g/mol. The molecular weight excluding hydrogens is 829 g/mol. The zero-order chi connectivity index (χ0) is 47.8. The van der Waals surface area contributed by atoms with E-state index in [0.717, 1.165) is 51.4 Å². The Labute approximate surface area is 405 Å². The second-order valence-corrected chi connectivity index (χ2v) is 18.7. The van der Waals surface area contributed by atoms with Gasteiger partial charge in [-0.1, -0.05) is 235 Å². The van der Waals surface area contributed by atoms with Crippen molar-refractivity contribution in [3.63, 3.8) is 0 Å². The summed E-state index contributed by atoms with van der Waals surface area (Å²) in [6.07, 6.45) is 55.7. The van der Waals surface area contributed by atoms with Gasteiger partial charge in [-0.15, -0.1) is 0 Å². The summed E-state index contributed by atoms with van der Waals surface area (Å²) >= 11 is 0. The minimum atomic E-state index is -1.55. The van der Waals surface area contributed by atoms with Crippen LogP contribution in [0, 0.1) is 0 Å². The van der Waals surface area contributed by atoms with Crippen molar-refractivity contribution in [1.29, 1.82) is 0 Å². The van der Waals surface area contributed by atoms with Crippen LogP contribution < -0.4 is 0 Å². The zero-order valence-corrected chi connectivity index (χ0v) is 42.4. The number of aliphatic hydroxyl groups excluding tert-OH is 4. The van der Waals surface area contributed by atoms with Crippen LogP contribution in [0.3, 0.4) is 0 Å². The van der Waals surface area contributed by atoms with E-state index in [-0.39, 0.29) is 25.6 Å². The average Bonchev–Trinajstić information content (AvgIpc) is 3.32. The lowest BCUT2D eigenvalue weighted by molar-refractivity contribution is -0.305. The maximum atomic E-state index is 12.8. The van der Waals surface area contributed by atoms with Crippen LogP contribution in [-0.4, -0.2) is 89.6 Å². The van der Waals surface area contributed by atoms with Crippen LogP contribution >= 0.6 is 0 Å². The third-order valence-corrected chi connectivity index (χ3v) is 12.4. The molecule has 9 nitrogen and oxygen atoms in total. The molecule has 1 aliphatic heterocycles. The standard InChI is InChI=1S/C57H102O9/c1-3-5-7-9-11-13-15-17-19-21-22-23-24-25-26-27-28-29-31-33-35-37-39-41-43-45-47-63-49-51(50-64-57-56(62)55(61)54(60)52(48-58)66-57)65-53(59)46-44-42-40-38-36-34-32-30-20-18-16-14-12-10-8-6-4-2/h6,8,12,14,18,20,32,34,38,40,51-52,54-58,60-62H,3-5,7,9-11,13,15-17,19,21-31,33,35-37,39,41-50H2,1-2H3/b8-6-,14-12-,20-18-,34-32-,40-38-. The van der Waals surface area contributed by atoms with Gasteiger partial charge in [0, 0.05) is 13.0 Å². The number of hydrogen-bond donors (Lipinski definition) is 4. The maximum absolute atomic E-state index is 12.8. The number of hydrogen-bond acceptors (Lipinski definition) is 9. The quantitative estimate of drug-likeness (QED) is 0.0267. The van der Waals surface area contributed by atoms with Crippen LogP contribution in [0.4, 0.5) is 0 Å². The SMILES string of the molecule is CC/C=C\C/C=C\C/C=C\C/C=C\C/C=C\CCCC(=O)OC(COCCCCCCCCCCCCCCCCCCCCCCCCCCCC)COC1OC(CO)C(O)C(O)C1O. The van der Waals surface area contributed by atoms with E-state index in [0.29, 0.717) is 13.0 Å². The fourth-order valence-electron chi connectivity index (χ4n) is 8.24. The molecule has 0 aromatic heterocycles. The Bertz CT molecular complexity index is 1200. The van der Waals surface area contributed by atoms with E-state index in [1.165, 1.54) is 154 Å². The van der Waals surface area contributed by atoms with Crippen molar-refractivity contribution < 1.29 is 44.2 Å². The first-order chi connectivity index (χ1) is 32.4. The van der Waals surface area contributed by atoms with Gasteiger partial charge in [0.1, 0.15) is 30.5 Å². The van der Waals surface area contributed by atoms with Crippen LogP contribution in [0.2, 0.25) is 0 Å². The van der Waals surface area contributed by atoms with Gasteiger partial charge in [-0.25, -0.2) is 0 Å². The summed E-state index contributed by atoms with van der Waals surface area (Å²) in [5.41, 5.74) is 0. The van der Waals surface area contributed by atoms with Crippen molar-refractivity contribution in [3.05, 3.63) is 60.8 Å². The summed E-state index contributed by atoms with van der Waals surface area (Å²) in [5.74, 6) is -0.367. The smallest absolute Gasteiger partial charge is 0.306 e. The van der Waals surface area contributed by atoms with Crippen molar-refractivity contribution in [2.75, 3.05) is 26.4 Å². The molecule has 0 bridgehead atoms. The predicted octanol–water partition coefficient (Wildman–Crippen LogP) is 13.8. The molecule has 0 saturated carbocycles. The second kappa shape index (κ2) is 47.9. The lowest BCUT2D eigenvalue weighted by Crippen LogP contribution is -2.59. The molecule has 6 atom stereocenters. The highest BCUT2D eigenvalue weighted by atomic mass is 16.7. The molecule has 1 saturated heterocycles. The largest absolute Gasteiger partial charge is 0.457 e. The Morgan fingerprint density at radius 1 is 0.500 bits per heavy atom. The predicted molar refractivity (Wildman–Crippen MR) is 274 cm³/mol. The topological polar surface area (TPSA) is 135 Å². The third-order valence-electron chi connectivity index (χ3n) is 12.4. The van der Waals surface area contributed by atoms with Gasteiger partial charge < -0.3 is 39.4 Å². The Morgan fingerprint density at radius 3 is 1.33 bits per heavy atom. The number of esters is 1. The second-order valence-electron chi connectivity index (χ2n) is 18.7. The van der Waals surface area contributed by atoms with Gasteiger partial charge in [-0.2, -0.15) is 0 Å². The summed E-state index contributed by atoms with van der Waals surface area (Å²) in [5, 5.41) is 40.3. The third kappa shape index (κ3) is 37.8. The molecule has 1 aliphatic rings. The van der Waals surface area contributed by atoms with Gasteiger partial charge in [0.15, 0.2) is 6.29 Å². The van der Waals surface area contributed by atoms with Gasteiger partial charge in [-0.3, -0.25) is 4.79 Å². The van der Waals surface area contributed by atoms with Crippen LogP contribution in [0.25, 0.3) is 0 Å². The summed E-state index contributed by atoms with van der Waals surface area (Å²) in [7, 11) is 0. The number of unbranched alkanes of at least 4 members (excludes halogenated alkanes) is 26. The molecule has 66 heavy (non-hydrogen) atoms. The van der Waals surface area contributed by atoms with Gasteiger partial charge >= 0.3 is 5.97 Å². The Morgan fingerprint density at radius 2 is 0.909 bits per heavy atom. The van der Waals surface area contributed by atoms with Gasteiger partial charge in [0.2, 0.25) is 0 Å². The summed E-state index contributed by atoms with van der Waals surface area (Å²) in [4.78, 5) is 12.8. The lowest BCUT2D eigenvalue weighted by atomic mass is 9.99. The van der Waals surface area contributed by atoms with Gasteiger partial charge in [0.25, 0.3) is 0 Å². The van der Waals surface area contributed by atoms with E-state index in [2.05, 4.69) is 74.6 Å². The molecular formula is C57H102O9. The summed E-state index contributed by atoms with van der Waals surface area (Å²) < 4.78 is 22.9. The number of rotatable bonds is 47. The molecule has 1 heterocycles. The molecule has 0 radical (unpaired) electrons.